The van der Waals surface area contributed by atoms with Crippen LogP contribution in [-0.4, -0.2) is 54.8 Å². The molecule has 0 spiro atoms. The van der Waals surface area contributed by atoms with Crippen molar-refractivity contribution in [1.29, 1.82) is 0 Å². The summed E-state index contributed by atoms with van der Waals surface area (Å²) in [6, 6.07) is 10.3. The normalized spacial score (nSPS) is 17.8. The molecular formula is C22H23F3N2O5. The third-order valence-corrected chi connectivity index (χ3v) is 5.04. The van der Waals surface area contributed by atoms with Gasteiger partial charge in [0.05, 0.1) is 18.2 Å². The second-order valence-electron chi connectivity index (χ2n) is 7.35. The quantitative estimate of drug-likeness (QED) is 0.675. The summed E-state index contributed by atoms with van der Waals surface area (Å²) in [7, 11) is 1.41. The van der Waals surface area contributed by atoms with Gasteiger partial charge in [-0.05, 0) is 35.4 Å². The van der Waals surface area contributed by atoms with Gasteiger partial charge in [-0.1, -0.05) is 24.3 Å². The highest BCUT2D eigenvalue weighted by Gasteiger charge is 2.35. The Balaban J connectivity index is 1.73. The first-order valence-corrected chi connectivity index (χ1v) is 9.79. The summed E-state index contributed by atoms with van der Waals surface area (Å²) in [6.45, 7) is -0.160. The molecule has 0 aliphatic carbocycles. The Morgan fingerprint density at radius 3 is 2.47 bits per heavy atom. The number of halogens is 3. The molecule has 2 unspecified atom stereocenters. The molecule has 7 nitrogen and oxygen atoms in total. The van der Waals surface area contributed by atoms with E-state index in [4.69, 9.17) is 9.47 Å². The Labute approximate surface area is 182 Å². The number of aliphatic hydroxyl groups is 1. The van der Waals surface area contributed by atoms with Gasteiger partial charge in [0.2, 0.25) is 11.8 Å². The van der Waals surface area contributed by atoms with Crippen molar-refractivity contribution < 1.29 is 37.3 Å². The van der Waals surface area contributed by atoms with E-state index >= 15 is 0 Å². The molecule has 2 amide bonds. The van der Waals surface area contributed by atoms with Gasteiger partial charge >= 0.3 is 6.18 Å². The van der Waals surface area contributed by atoms with Crippen molar-refractivity contribution in [1.82, 2.24) is 4.90 Å². The van der Waals surface area contributed by atoms with Crippen LogP contribution in [0.1, 0.15) is 22.8 Å². The lowest BCUT2D eigenvalue weighted by atomic mass is 9.99. The second kappa shape index (κ2) is 10.1. The van der Waals surface area contributed by atoms with E-state index in [1.807, 2.05) is 0 Å². The number of ether oxygens (including phenoxy) is 2. The highest BCUT2D eigenvalue weighted by atomic mass is 19.4. The average Bonchev–Trinajstić information content (AvgIpc) is 2.75. The molecule has 3 rings (SSSR count). The molecule has 0 bridgehead atoms. The first kappa shape index (κ1) is 23.7. The number of aliphatic hydroxyl groups excluding tert-OH is 1. The fourth-order valence-corrected chi connectivity index (χ4v) is 3.40. The van der Waals surface area contributed by atoms with E-state index in [1.54, 1.807) is 24.3 Å². The highest BCUT2D eigenvalue weighted by Crippen LogP contribution is 2.30. The number of rotatable bonds is 7. The van der Waals surface area contributed by atoms with Crippen LogP contribution in [0.4, 0.5) is 18.9 Å². The molecule has 172 valence electrons. The molecule has 1 saturated heterocycles. The predicted molar refractivity (Wildman–Crippen MR) is 109 cm³/mol. The first-order chi connectivity index (χ1) is 15.2. The molecule has 0 aromatic heterocycles. The Morgan fingerprint density at radius 1 is 1.22 bits per heavy atom. The van der Waals surface area contributed by atoms with Crippen LogP contribution < -0.4 is 5.32 Å². The zero-order valence-corrected chi connectivity index (χ0v) is 17.3. The largest absolute Gasteiger partial charge is 0.416 e. The molecule has 2 N–H and O–H groups in total. The summed E-state index contributed by atoms with van der Waals surface area (Å²) in [5, 5.41) is 13.5. The standard InChI is InChI=1S/C22H23F3N2O5/c1-31-12-19(28)26-17-8-4-15(5-9-17)21(30)18-11-32-13-20(29)27(18)10-14-2-6-16(7-3-14)22(23,24)25/h2-9,18,21,30H,10-13H2,1H3,(H,26,28). The van der Waals surface area contributed by atoms with Gasteiger partial charge in [-0.25, -0.2) is 0 Å². The zero-order valence-electron chi connectivity index (χ0n) is 17.3. The van der Waals surface area contributed by atoms with Gasteiger partial charge in [0.25, 0.3) is 0 Å². The van der Waals surface area contributed by atoms with Gasteiger partial charge in [-0.3, -0.25) is 9.59 Å². The van der Waals surface area contributed by atoms with Gasteiger partial charge < -0.3 is 24.8 Å². The molecular weight excluding hydrogens is 429 g/mol. The molecule has 1 aliphatic rings. The molecule has 1 heterocycles. The maximum atomic E-state index is 12.8. The van der Waals surface area contributed by atoms with E-state index in [0.717, 1.165) is 12.1 Å². The van der Waals surface area contributed by atoms with Crippen LogP contribution in [0.3, 0.4) is 0 Å². The van der Waals surface area contributed by atoms with Gasteiger partial charge in [-0.15, -0.1) is 0 Å². The summed E-state index contributed by atoms with van der Waals surface area (Å²) in [5.41, 5.74) is 0.738. The molecule has 0 saturated carbocycles. The summed E-state index contributed by atoms with van der Waals surface area (Å²) < 4.78 is 48.4. The number of amides is 2. The van der Waals surface area contributed by atoms with Gasteiger partial charge in [-0.2, -0.15) is 13.2 Å². The summed E-state index contributed by atoms with van der Waals surface area (Å²) in [4.78, 5) is 25.5. The number of carbonyl (C=O) groups excluding carboxylic acids is 2. The van der Waals surface area contributed by atoms with Crippen molar-refractivity contribution in [3.63, 3.8) is 0 Å². The number of alkyl halides is 3. The van der Waals surface area contributed by atoms with Crippen LogP contribution in [0.25, 0.3) is 0 Å². The molecule has 2 atom stereocenters. The van der Waals surface area contributed by atoms with Crippen LogP contribution in [0.15, 0.2) is 48.5 Å². The fraction of sp³-hybridized carbons (Fsp3) is 0.364. The number of carbonyl (C=O) groups is 2. The number of hydrogen-bond donors (Lipinski definition) is 2. The number of methoxy groups -OCH3 is 1. The number of morpholine rings is 1. The highest BCUT2D eigenvalue weighted by molar-refractivity contribution is 5.91. The Hall–Kier alpha value is -2.95. The van der Waals surface area contributed by atoms with E-state index < -0.39 is 23.9 Å². The number of nitrogens with one attached hydrogen (secondary N) is 1. The van der Waals surface area contributed by atoms with Crippen molar-refractivity contribution >= 4 is 17.5 Å². The lowest BCUT2D eigenvalue weighted by molar-refractivity contribution is -0.155. The lowest BCUT2D eigenvalue weighted by Gasteiger charge is -2.38. The summed E-state index contributed by atoms with van der Waals surface area (Å²) in [5.74, 6) is -0.696. The minimum absolute atomic E-state index is 0.0349. The minimum atomic E-state index is -4.44. The Kier molecular flexibility index (Phi) is 7.49. The van der Waals surface area contributed by atoms with Crippen molar-refractivity contribution in [3.8, 4) is 0 Å². The number of anilines is 1. The van der Waals surface area contributed by atoms with Gasteiger partial charge in [0.15, 0.2) is 0 Å². The van der Waals surface area contributed by atoms with Crippen molar-refractivity contribution in [2.45, 2.75) is 24.9 Å². The smallest absolute Gasteiger partial charge is 0.386 e. The van der Waals surface area contributed by atoms with E-state index in [1.165, 1.54) is 24.1 Å². The maximum Gasteiger partial charge on any atom is 0.416 e. The third-order valence-electron chi connectivity index (χ3n) is 5.04. The zero-order chi connectivity index (χ0) is 23.3. The van der Waals surface area contributed by atoms with Crippen LogP contribution in [0.2, 0.25) is 0 Å². The topological polar surface area (TPSA) is 88.1 Å². The minimum Gasteiger partial charge on any atom is -0.386 e. The molecule has 10 heteroatoms. The molecule has 2 aromatic rings. The van der Waals surface area contributed by atoms with Crippen molar-refractivity contribution in [2.75, 3.05) is 32.2 Å². The summed E-state index contributed by atoms with van der Waals surface area (Å²) in [6.07, 6.45) is -5.54. The molecule has 0 radical (unpaired) electrons. The molecule has 2 aromatic carbocycles. The molecule has 1 fully saturated rings. The molecule has 1 aliphatic heterocycles. The van der Waals surface area contributed by atoms with Gasteiger partial charge in [0, 0.05) is 19.3 Å². The average molecular weight is 452 g/mol. The second-order valence-corrected chi connectivity index (χ2v) is 7.35. The van der Waals surface area contributed by atoms with Gasteiger partial charge in [0.1, 0.15) is 19.3 Å². The van der Waals surface area contributed by atoms with Crippen molar-refractivity contribution in [2.24, 2.45) is 0 Å². The van der Waals surface area contributed by atoms with Crippen LogP contribution in [0, 0.1) is 0 Å². The van der Waals surface area contributed by atoms with Crippen LogP contribution in [0.5, 0.6) is 0 Å². The maximum absolute atomic E-state index is 12.8. The van der Waals surface area contributed by atoms with Crippen LogP contribution in [-0.2, 0) is 31.8 Å². The van der Waals surface area contributed by atoms with Crippen molar-refractivity contribution in [3.05, 3.63) is 65.2 Å². The Bertz CT molecular complexity index is 932. The molecule has 32 heavy (non-hydrogen) atoms. The lowest BCUT2D eigenvalue weighted by Crippen LogP contribution is -2.51. The number of benzene rings is 2. The summed E-state index contributed by atoms with van der Waals surface area (Å²) >= 11 is 0. The number of nitrogens with zero attached hydrogens (tertiary/aromatic N) is 1. The number of hydrogen-bond acceptors (Lipinski definition) is 5. The fourth-order valence-electron chi connectivity index (χ4n) is 3.40. The SMILES string of the molecule is COCC(=O)Nc1ccc(C(O)C2COCC(=O)N2Cc2ccc(C(F)(F)F)cc2)cc1. The predicted octanol–water partition coefficient (Wildman–Crippen LogP) is 2.75. The first-order valence-electron chi connectivity index (χ1n) is 9.79. The van der Waals surface area contributed by atoms with Crippen LogP contribution >= 0.6 is 0 Å². The Morgan fingerprint density at radius 2 is 1.88 bits per heavy atom. The van der Waals surface area contributed by atoms with E-state index in [-0.39, 0.29) is 38.2 Å². The monoisotopic (exact) mass is 452 g/mol. The van der Waals surface area contributed by atoms with E-state index in [0.29, 0.717) is 16.8 Å². The van der Waals surface area contributed by atoms with E-state index in [2.05, 4.69) is 5.32 Å². The third kappa shape index (κ3) is 5.84. The van der Waals surface area contributed by atoms with E-state index in [9.17, 15) is 27.9 Å².